The highest BCUT2D eigenvalue weighted by Gasteiger charge is 2.23. The summed E-state index contributed by atoms with van der Waals surface area (Å²) in [6.07, 6.45) is 7.56. The number of hydrogen-bond donors (Lipinski definition) is 0. The molecule has 0 aliphatic carbocycles. The minimum Gasteiger partial charge on any atom is -0.476 e. The fourth-order valence-electron chi connectivity index (χ4n) is 4.02. The third kappa shape index (κ3) is 3.80. The van der Waals surface area contributed by atoms with E-state index in [2.05, 4.69) is 50.8 Å². The zero-order valence-electron chi connectivity index (χ0n) is 18.5. The van der Waals surface area contributed by atoms with Crippen molar-refractivity contribution in [1.29, 1.82) is 0 Å². The molecule has 0 radical (unpaired) electrons. The van der Waals surface area contributed by atoms with Crippen LogP contribution in [0.15, 0.2) is 30.9 Å². The Bertz CT molecular complexity index is 1210. The Balaban J connectivity index is 1.21. The summed E-state index contributed by atoms with van der Waals surface area (Å²) in [5.74, 6) is 2.10. The number of nitrogens with zero attached hydrogens (tertiary/aromatic N) is 8. The molecule has 162 valence electrons. The van der Waals surface area contributed by atoms with E-state index >= 15 is 0 Å². The number of aromatic nitrogens is 7. The predicted octanol–water partition coefficient (Wildman–Crippen LogP) is 3.00. The standard InChI is InChI=1S/C22H28N8O/c1-22(2,3)17-12-30-18(26-17)5-6-19(27-30)31-13-15-7-9-29(10-8-15)21-16-11-25-28(4)20(16)23-14-24-21/h5-6,11-12,14-15H,7-10,13H2,1-4H3. The van der Waals surface area contributed by atoms with Gasteiger partial charge in [-0.3, -0.25) is 4.68 Å². The molecule has 1 saturated heterocycles. The molecule has 0 saturated carbocycles. The largest absolute Gasteiger partial charge is 0.476 e. The van der Waals surface area contributed by atoms with Gasteiger partial charge in [-0.05, 0) is 24.8 Å². The number of imidazole rings is 1. The molecule has 0 unspecified atom stereocenters. The summed E-state index contributed by atoms with van der Waals surface area (Å²) in [5, 5.41) is 9.91. The summed E-state index contributed by atoms with van der Waals surface area (Å²) in [6, 6.07) is 3.87. The molecule has 0 aromatic carbocycles. The Labute approximate surface area is 181 Å². The smallest absolute Gasteiger partial charge is 0.231 e. The van der Waals surface area contributed by atoms with Crippen LogP contribution in [0.1, 0.15) is 39.3 Å². The van der Waals surface area contributed by atoms with Crippen molar-refractivity contribution in [3.8, 4) is 5.88 Å². The second kappa shape index (κ2) is 7.47. The third-order valence-corrected chi connectivity index (χ3v) is 5.95. The van der Waals surface area contributed by atoms with Gasteiger partial charge in [-0.2, -0.15) is 5.10 Å². The van der Waals surface area contributed by atoms with Gasteiger partial charge in [0.15, 0.2) is 11.3 Å². The monoisotopic (exact) mass is 420 g/mol. The lowest BCUT2D eigenvalue weighted by molar-refractivity contribution is 0.213. The van der Waals surface area contributed by atoms with Gasteiger partial charge < -0.3 is 9.64 Å². The summed E-state index contributed by atoms with van der Waals surface area (Å²) in [7, 11) is 1.90. The van der Waals surface area contributed by atoms with E-state index in [1.807, 2.05) is 36.1 Å². The van der Waals surface area contributed by atoms with Crippen molar-refractivity contribution in [1.82, 2.24) is 34.3 Å². The van der Waals surface area contributed by atoms with E-state index in [0.29, 0.717) is 18.4 Å². The van der Waals surface area contributed by atoms with E-state index in [0.717, 1.165) is 54.1 Å². The predicted molar refractivity (Wildman–Crippen MR) is 118 cm³/mol. The molecule has 0 amide bonds. The molecule has 5 heterocycles. The lowest BCUT2D eigenvalue weighted by Gasteiger charge is -2.32. The van der Waals surface area contributed by atoms with Crippen LogP contribution in [-0.4, -0.2) is 54.0 Å². The summed E-state index contributed by atoms with van der Waals surface area (Å²) in [6.45, 7) is 9.01. The highest BCUT2D eigenvalue weighted by molar-refractivity contribution is 5.86. The Hall–Kier alpha value is -3.23. The van der Waals surface area contributed by atoms with Crippen LogP contribution in [0.5, 0.6) is 5.88 Å². The normalized spacial score (nSPS) is 15.8. The fourth-order valence-corrected chi connectivity index (χ4v) is 4.02. The van der Waals surface area contributed by atoms with Crippen LogP contribution >= 0.6 is 0 Å². The van der Waals surface area contributed by atoms with Crippen LogP contribution in [0, 0.1) is 5.92 Å². The van der Waals surface area contributed by atoms with Crippen LogP contribution in [0.4, 0.5) is 5.82 Å². The van der Waals surface area contributed by atoms with Crippen molar-refractivity contribution >= 4 is 22.5 Å². The molecule has 4 aromatic heterocycles. The summed E-state index contributed by atoms with van der Waals surface area (Å²) in [4.78, 5) is 15.8. The first-order chi connectivity index (χ1) is 14.9. The molecule has 0 bridgehead atoms. The maximum atomic E-state index is 6.05. The molecular formula is C22H28N8O. The molecular weight excluding hydrogens is 392 g/mol. The number of anilines is 1. The number of hydrogen-bond acceptors (Lipinski definition) is 7. The van der Waals surface area contributed by atoms with E-state index in [9.17, 15) is 0 Å². The molecule has 31 heavy (non-hydrogen) atoms. The molecule has 0 spiro atoms. The number of rotatable bonds is 4. The van der Waals surface area contributed by atoms with Gasteiger partial charge in [-0.25, -0.2) is 19.5 Å². The molecule has 5 rings (SSSR count). The van der Waals surface area contributed by atoms with Crippen molar-refractivity contribution in [3.05, 3.63) is 36.5 Å². The maximum absolute atomic E-state index is 6.05. The van der Waals surface area contributed by atoms with Crippen molar-refractivity contribution in [2.75, 3.05) is 24.6 Å². The zero-order valence-corrected chi connectivity index (χ0v) is 18.5. The number of aryl methyl sites for hydroxylation is 1. The summed E-state index contributed by atoms with van der Waals surface area (Å²) in [5.41, 5.74) is 2.73. The van der Waals surface area contributed by atoms with Crippen molar-refractivity contribution in [2.45, 2.75) is 39.0 Å². The Morgan fingerprint density at radius 2 is 1.94 bits per heavy atom. The fraction of sp³-hybridized carbons (Fsp3) is 0.500. The SMILES string of the molecule is Cn1ncc2c(N3CCC(COc4ccc5nc(C(C)(C)C)cn5n4)CC3)ncnc21. The first-order valence-electron chi connectivity index (χ1n) is 10.8. The number of fused-ring (bicyclic) bond motifs is 2. The van der Waals surface area contributed by atoms with Gasteiger partial charge in [0.1, 0.15) is 12.1 Å². The number of piperidine rings is 1. The highest BCUT2D eigenvalue weighted by atomic mass is 16.5. The summed E-state index contributed by atoms with van der Waals surface area (Å²) < 4.78 is 9.65. The Morgan fingerprint density at radius 3 is 2.71 bits per heavy atom. The van der Waals surface area contributed by atoms with E-state index in [-0.39, 0.29) is 5.41 Å². The minimum atomic E-state index is -0.00620. The highest BCUT2D eigenvalue weighted by Crippen LogP contribution is 2.27. The van der Waals surface area contributed by atoms with Crippen LogP contribution < -0.4 is 9.64 Å². The second-order valence-electron chi connectivity index (χ2n) is 9.29. The zero-order chi connectivity index (χ0) is 21.6. The topological polar surface area (TPSA) is 86.3 Å². The van der Waals surface area contributed by atoms with E-state index in [1.165, 1.54) is 0 Å². The molecule has 0 atom stereocenters. The van der Waals surface area contributed by atoms with Gasteiger partial charge in [0, 0.05) is 31.6 Å². The lowest BCUT2D eigenvalue weighted by Crippen LogP contribution is -2.36. The second-order valence-corrected chi connectivity index (χ2v) is 9.29. The first-order valence-corrected chi connectivity index (χ1v) is 10.8. The van der Waals surface area contributed by atoms with Crippen molar-refractivity contribution in [2.24, 2.45) is 13.0 Å². The van der Waals surface area contributed by atoms with Crippen LogP contribution in [0.2, 0.25) is 0 Å². The van der Waals surface area contributed by atoms with Crippen molar-refractivity contribution < 1.29 is 4.74 Å². The molecule has 1 aliphatic rings. The molecule has 1 fully saturated rings. The third-order valence-electron chi connectivity index (χ3n) is 5.95. The van der Waals surface area contributed by atoms with Crippen LogP contribution in [0.3, 0.4) is 0 Å². The molecule has 0 N–H and O–H groups in total. The van der Waals surface area contributed by atoms with Crippen LogP contribution in [0.25, 0.3) is 16.7 Å². The lowest BCUT2D eigenvalue weighted by atomic mass is 9.93. The number of ether oxygens (including phenoxy) is 1. The van der Waals surface area contributed by atoms with Gasteiger partial charge >= 0.3 is 0 Å². The van der Waals surface area contributed by atoms with Crippen LogP contribution in [-0.2, 0) is 12.5 Å². The molecule has 9 nitrogen and oxygen atoms in total. The van der Waals surface area contributed by atoms with E-state index < -0.39 is 0 Å². The van der Waals surface area contributed by atoms with Gasteiger partial charge in [0.25, 0.3) is 0 Å². The molecule has 9 heteroatoms. The van der Waals surface area contributed by atoms with Gasteiger partial charge in [0.2, 0.25) is 5.88 Å². The van der Waals surface area contributed by atoms with E-state index in [4.69, 9.17) is 4.74 Å². The maximum Gasteiger partial charge on any atom is 0.231 e. The first kappa shape index (κ1) is 19.7. The Kier molecular flexibility index (Phi) is 4.75. The minimum absolute atomic E-state index is 0.00620. The van der Waals surface area contributed by atoms with Gasteiger partial charge in [-0.1, -0.05) is 20.8 Å². The summed E-state index contributed by atoms with van der Waals surface area (Å²) >= 11 is 0. The molecule has 1 aliphatic heterocycles. The average Bonchev–Trinajstić information content (AvgIpc) is 3.36. The van der Waals surface area contributed by atoms with E-state index in [1.54, 1.807) is 11.0 Å². The van der Waals surface area contributed by atoms with Gasteiger partial charge in [-0.15, -0.1) is 5.10 Å². The van der Waals surface area contributed by atoms with Crippen molar-refractivity contribution in [3.63, 3.8) is 0 Å². The quantitative estimate of drug-likeness (QED) is 0.502. The Morgan fingerprint density at radius 1 is 1.13 bits per heavy atom. The molecule has 4 aromatic rings. The average molecular weight is 421 g/mol. The van der Waals surface area contributed by atoms with Gasteiger partial charge in [0.05, 0.1) is 30.1 Å².